The summed E-state index contributed by atoms with van der Waals surface area (Å²) in [4.78, 5) is 31.3. The van der Waals surface area contributed by atoms with Gasteiger partial charge >= 0.3 is 5.69 Å². The third kappa shape index (κ3) is 4.93. The van der Waals surface area contributed by atoms with Crippen molar-refractivity contribution in [3.05, 3.63) is 57.0 Å². The van der Waals surface area contributed by atoms with E-state index in [0.717, 1.165) is 4.57 Å². The lowest BCUT2D eigenvalue weighted by Crippen LogP contribution is -2.36. The Balaban J connectivity index is 1.51. The molecule has 0 aliphatic rings. The first-order valence-corrected chi connectivity index (χ1v) is 10.7. The van der Waals surface area contributed by atoms with Crippen LogP contribution in [-0.4, -0.2) is 46.4 Å². The van der Waals surface area contributed by atoms with Crippen LogP contribution in [0, 0.1) is 0 Å². The molecule has 29 heavy (non-hydrogen) atoms. The molecular weight excluding hydrogens is 398 g/mol. The van der Waals surface area contributed by atoms with Gasteiger partial charge in [-0.15, -0.1) is 0 Å². The highest BCUT2D eigenvalue weighted by molar-refractivity contribution is 7.89. The largest absolute Gasteiger partial charge is 0.492 e. The number of H-pyrrole nitrogens is 1. The predicted molar refractivity (Wildman–Crippen MR) is 109 cm³/mol. The second kappa shape index (κ2) is 8.62. The number of hydrogen-bond acceptors (Lipinski definition) is 6. The predicted octanol–water partition coefficient (Wildman–Crippen LogP) is -0.109. The molecule has 0 atom stereocenters. The third-order valence-corrected chi connectivity index (χ3v) is 5.77. The molecule has 0 saturated heterocycles. The molecule has 10 nitrogen and oxygen atoms in total. The molecular formula is C18H23N5O5S. The standard InChI is InChI=1S/C18H23N5O5S/c1-22-16-15(17(24)23(2)18(22)25)20-14(21-16)9-6-10-19-29(26,27)12-11-28-13-7-4-3-5-8-13/h3-5,7-8,19H,6,9-12H2,1-2H3,(H,20,21). The van der Waals surface area contributed by atoms with Crippen molar-refractivity contribution in [2.45, 2.75) is 12.8 Å². The number of imidazole rings is 1. The Bertz CT molecular complexity index is 1210. The molecule has 0 bridgehead atoms. The number of benzene rings is 1. The van der Waals surface area contributed by atoms with E-state index in [0.29, 0.717) is 24.4 Å². The zero-order valence-electron chi connectivity index (χ0n) is 16.2. The lowest BCUT2D eigenvalue weighted by molar-refractivity contribution is 0.340. The third-order valence-electron chi connectivity index (χ3n) is 4.42. The monoisotopic (exact) mass is 421 g/mol. The van der Waals surface area contributed by atoms with Crippen LogP contribution in [0.5, 0.6) is 5.75 Å². The number of aromatic amines is 1. The number of hydrogen-bond donors (Lipinski definition) is 2. The van der Waals surface area contributed by atoms with E-state index in [1.807, 2.05) is 18.2 Å². The highest BCUT2D eigenvalue weighted by Gasteiger charge is 2.14. The van der Waals surface area contributed by atoms with Gasteiger partial charge in [-0.2, -0.15) is 0 Å². The second-order valence-electron chi connectivity index (χ2n) is 6.57. The van der Waals surface area contributed by atoms with Crippen LogP contribution in [0.2, 0.25) is 0 Å². The summed E-state index contributed by atoms with van der Waals surface area (Å²) in [7, 11) is -0.514. The van der Waals surface area contributed by atoms with Crippen molar-refractivity contribution in [2.75, 3.05) is 18.9 Å². The topological polar surface area (TPSA) is 128 Å². The maximum atomic E-state index is 12.2. The number of aryl methyl sites for hydroxylation is 2. The van der Waals surface area contributed by atoms with Gasteiger partial charge in [0.2, 0.25) is 10.0 Å². The summed E-state index contributed by atoms with van der Waals surface area (Å²) in [6, 6.07) is 9.00. The number of aromatic nitrogens is 4. The van der Waals surface area contributed by atoms with Crippen molar-refractivity contribution in [3.63, 3.8) is 0 Å². The van der Waals surface area contributed by atoms with E-state index in [9.17, 15) is 18.0 Å². The molecule has 2 N–H and O–H groups in total. The van der Waals surface area contributed by atoms with Crippen LogP contribution in [0.1, 0.15) is 12.2 Å². The highest BCUT2D eigenvalue weighted by atomic mass is 32.2. The van der Waals surface area contributed by atoms with Gasteiger partial charge in [-0.05, 0) is 18.6 Å². The fraction of sp³-hybridized carbons (Fsp3) is 0.389. The number of para-hydroxylation sites is 1. The van der Waals surface area contributed by atoms with Crippen molar-refractivity contribution in [1.82, 2.24) is 23.8 Å². The van der Waals surface area contributed by atoms with E-state index in [2.05, 4.69) is 14.7 Å². The molecule has 0 aliphatic heterocycles. The Morgan fingerprint density at radius 1 is 1.14 bits per heavy atom. The van der Waals surface area contributed by atoms with Crippen molar-refractivity contribution in [3.8, 4) is 5.75 Å². The lowest BCUT2D eigenvalue weighted by Gasteiger charge is -2.08. The van der Waals surface area contributed by atoms with E-state index in [1.54, 1.807) is 19.2 Å². The minimum atomic E-state index is -3.46. The first-order valence-electron chi connectivity index (χ1n) is 9.08. The summed E-state index contributed by atoms with van der Waals surface area (Å²) in [5.41, 5.74) is -0.359. The summed E-state index contributed by atoms with van der Waals surface area (Å²) in [6.07, 6.45) is 0.905. The Labute approximate surface area is 167 Å². The van der Waals surface area contributed by atoms with Crippen molar-refractivity contribution in [1.29, 1.82) is 0 Å². The van der Waals surface area contributed by atoms with Crippen LogP contribution in [0.4, 0.5) is 0 Å². The lowest BCUT2D eigenvalue weighted by atomic mass is 10.3. The fourth-order valence-corrected chi connectivity index (χ4v) is 3.74. The first-order chi connectivity index (χ1) is 13.8. The first kappa shape index (κ1) is 20.8. The molecule has 2 heterocycles. The summed E-state index contributed by atoms with van der Waals surface area (Å²) >= 11 is 0. The Morgan fingerprint density at radius 2 is 1.86 bits per heavy atom. The highest BCUT2D eigenvalue weighted by Crippen LogP contribution is 2.08. The average Bonchev–Trinajstić information content (AvgIpc) is 3.13. The minimum absolute atomic E-state index is 0.0558. The molecule has 0 aliphatic carbocycles. The van der Waals surface area contributed by atoms with Crippen molar-refractivity contribution < 1.29 is 13.2 Å². The normalized spacial score (nSPS) is 11.8. The Hall–Kier alpha value is -2.92. The Morgan fingerprint density at radius 3 is 2.59 bits per heavy atom. The summed E-state index contributed by atoms with van der Waals surface area (Å²) < 4.78 is 34.3. The quantitative estimate of drug-likeness (QED) is 0.464. The molecule has 3 aromatic rings. The van der Waals surface area contributed by atoms with Crippen LogP contribution in [-0.2, 0) is 30.5 Å². The van der Waals surface area contributed by atoms with E-state index in [1.165, 1.54) is 11.6 Å². The van der Waals surface area contributed by atoms with E-state index >= 15 is 0 Å². The molecule has 0 unspecified atom stereocenters. The molecule has 11 heteroatoms. The number of nitrogens with zero attached hydrogens (tertiary/aromatic N) is 3. The summed E-state index contributed by atoms with van der Waals surface area (Å²) in [6.45, 7) is 0.280. The van der Waals surface area contributed by atoms with Gasteiger partial charge in [0.1, 0.15) is 23.7 Å². The molecule has 0 spiro atoms. The van der Waals surface area contributed by atoms with Crippen LogP contribution in [0.3, 0.4) is 0 Å². The second-order valence-corrected chi connectivity index (χ2v) is 8.49. The van der Waals surface area contributed by atoms with Crippen molar-refractivity contribution >= 4 is 21.2 Å². The number of rotatable bonds is 9. The molecule has 0 amide bonds. The van der Waals surface area contributed by atoms with Crippen LogP contribution < -0.4 is 20.7 Å². The maximum Gasteiger partial charge on any atom is 0.332 e. The van der Waals surface area contributed by atoms with Crippen LogP contribution in [0.25, 0.3) is 11.2 Å². The molecule has 0 fully saturated rings. The summed E-state index contributed by atoms with van der Waals surface area (Å²) in [5, 5.41) is 0. The van der Waals surface area contributed by atoms with Gasteiger partial charge in [-0.25, -0.2) is 22.9 Å². The Kier molecular flexibility index (Phi) is 6.18. The zero-order chi connectivity index (χ0) is 21.0. The minimum Gasteiger partial charge on any atom is -0.492 e. The van der Waals surface area contributed by atoms with E-state index < -0.39 is 21.3 Å². The van der Waals surface area contributed by atoms with Gasteiger partial charge in [0.05, 0.1) is 5.75 Å². The average molecular weight is 421 g/mol. The molecule has 1 aromatic carbocycles. The van der Waals surface area contributed by atoms with Crippen molar-refractivity contribution in [2.24, 2.45) is 14.1 Å². The molecule has 3 rings (SSSR count). The number of sulfonamides is 1. The number of ether oxygens (including phenoxy) is 1. The zero-order valence-corrected chi connectivity index (χ0v) is 17.0. The smallest absolute Gasteiger partial charge is 0.332 e. The van der Waals surface area contributed by atoms with Gasteiger partial charge < -0.3 is 9.72 Å². The van der Waals surface area contributed by atoms with Gasteiger partial charge in [0.15, 0.2) is 5.65 Å². The van der Waals surface area contributed by atoms with E-state index in [4.69, 9.17) is 4.74 Å². The molecule has 0 radical (unpaired) electrons. The number of fused-ring (bicyclic) bond motifs is 1. The van der Waals surface area contributed by atoms with Gasteiger partial charge in [-0.3, -0.25) is 13.9 Å². The van der Waals surface area contributed by atoms with E-state index in [-0.39, 0.29) is 30.1 Å². The molecule has 0 saturated carbocycles. The van der Waals surface area contributed by atoms with Crippen LogP contribution >= 0.6 is 0 Å². The SMILES string of the molecule is Cn1c(=O)c2[nH]c(CCCNS(=O)(=O)CCOc3ccccc3)nc2n(C)c1=O. The van der Waals surface area contributed by atoms with Crippen LogP contribution in [0.15, 0.2) is 39.9 Å². The summed E-state index contributed by atoms with van der Waals surface area (Å²) in [5.74, 6) is 0.989. The fourth-order valence-electron chi connectivity index (χ4n) is 2.83. The van der Waals surface area contributed by atoms with Gasteiger partial charge in [0.25, 0.3) is 5.56 Å². The number of nitrogens with one attached hydrogen (secondary N) is 2. The van der Waals surface area contributed by atoms with Gasteiger partial charge in [0, 0.05) is 27.1 Å². The maximum absolute atomic E-state index is 12.2. The van der Waals surface area contributed by atoms with Gasteiger partial charge in [-0.1, -0.05) is 18.2 Å². The molecule has 2 aromatic heterocycles. The molecule has 156 valence electrons.